The molecule has 202 valence electrons. The minimum absolute atomic E-state index is 0.186. The highest BCUT2D eigenvalue weighted by atomic mass is 35.5. The van der Waals surface area contributed by atoms with Crippen molar-refractivity contribution in [3.05, 3.63) is 56.8 Å². The summed E-state index contributed by atoms with van der Waals surface area (Å²) in [7, 11) is -2.20. The quantitative estimate of drug-likeness (QED) is 0.411. The lowest BCUT2D eigenvalue weighted by Gasteiger charge is -2.32. The number of ether oxygens (including phenoxy) is 2. The van der Waals surface area contributed by atoms with Crippen molar-refractivity contribution in [1.82, 2.24) is 9.62 Å². The maximum Gasteiger partial charge on any atom is 0.267 e. The topological polar surface area (TPSA) is 84.9 Å². The lowest BCUT2D eigenvalue weighted by molar-refractivity contribution is 0.0977. The van der Waals surface area contributed by atoms with Gasteiger partial charge in [0.1, 0.15) is 17.3 Å². The van der Waals surface area contributed by atoms with Gasteiger partial charge in [-0.3, -0.25) is 9.69 Å². The molecule has 11 heteroatoms. The van der Waals surface area contributed by atoms with Crippen LogP contribution in [0.5, 0.6) is 11.5 Å². The van der Waals surface area contributed by atoms with E-state index in [1.165, 1.54) is 19.1 Å². The smallest absolute Gasteiger partial charge is 0.267 e. The molecular weight excluding hydrogens is 542 g/mol. The van der Waals surface area contributed by atoms with Gasteiger partial charge < -0.3 is 9.47 Å². The molecule has 0 atom stereocenters. The highest BCUT2D eigenvalue weighted by Gasteiger charge is 2.31. The first-order valence-corrected chi connectivity index (χ1v) is 14.8. The summed E-state index contributed by atoms with van der Waals surface area (Å²) in [6, 6.07) is 6.19. The first kappa shape index (κ1) is 28.0. The average Bonchev–Trinajstić information content (AvgIpc) is 3.68. The summed E-state index contributed by atoms with van der Waals surface area (Å²) in [6.07, 6.45) is 3.66. The molecule has 2 aliphatic rings. The van der Waals surface area contributed by atoms with Crippen molar-refractivity contribution < 1.29 is 27.1 Å². The molecule has 0 radical (unpaired) electrons. The van der Waals surface area contributed by atoms with Crippen LogP contribution in [0.4, 0.5) is 4.39 Å². The molecule has 0 unspecified atom stereocenters. The average molecular weight is 574 g/mol. The summed E-state index contributed by atoms with van der Waals surface area (Å²) in [5.41, 5.74) is 1.41. The number of carbonyl (C=O) groups excluding carboxylic acids is 1. The van der Waals surface area contributed by atoms with Crippen LogP contribution in [0, 0.1) is 11.7 Å². The second kappa shape index (κ2) is 11.8. The van der Waals surface area contributed by atoms with Gasteiger partial charge in [-0.1, -0.05) is 23.2 Å². The van der Waals surface area contributed by atoms with Crippen molar-refractivity contribution in [2.75, 3.05) is 32.6 Å². The number of benzene rings is 2. The fraction of sp³-hybridized carbons (Fsp3) is 0.500. The van der Waals surface area contributed by atoms with E-state index in [4.69, 9.17) is 32.7 Å². The Morgan fingerprint density at radius 1 is 1.14 bits per heavy atom. The number of carbonyl (C=O) groups is 1. The third-order valence-corrected chi connectivity index (χ3v) is 8.61. The van der Waals surface area contributed by atoms with Gasteiger partial charge in [0.25, 0.3) is 5.91 Å². The summed E-state index contributed by atoms with van der Waals surface area (Å²) in [6.45, 7) is 4.24. The number of methoxy groups -OCH3 is 1. The Hall–Kier alpha value is -2.07. The minimum atomic E-state index is -3.79. The molecule has 2 aromatic rings. The van der Waals surface area contributed by atoms with Crippen molar-refractivity contribution in [1.29, 1.82) is 0 Å². The predicted octanol–water partition coefficient (Wildman–Crippen LogP) is 5.39. The molecule has 0 spiro atoms. The second-order valence-electron chi connectivity index (χ2n) is 9.59. The van der Waals surface area contributed by atoms with Gasteiger partial charge >= 0.3 is 0 Å². The van der Waals surface area contributed by atoms with E-state index >= 15 is 0 Å². The summed E-state index contributed by atoms with van der Waals surface area (Å²) in [5.74, 6) is -0.479. The minimum Gasteiger partial charge on any atom is -0.495 e. The van der Waals surface area contributed by atoms with E-state index in [0.29, 0.717) is 40.6 Å². The second-order valence-corrected chi connectivity index (χ2v) is 12.4. The number of likely N-dealkylation sites (tertiary alicyclic amines) is 1. The molecule has 1 saturated heterocycles. The van der Waals surface area contributed by atoms with E-state index in [0.717, 1.165) is 49.9 Å². The van der Waals surface area contributed by atoms with Crippen LogP contribution in [0.15, 0.2) is 24.3 Å². The molecule has 2 fully saturated rings. The molecule has 1 N–H and O–H groups in total. The molecule has 37 heavy (non-hydrogen) atoms. The van der Waals surface area contributed by atoms with Gasteiger partial charge in [-0.2, -0.15) is 0 Å². The molecule has 0 aromatic heterocycles. The van der Waals surface area contributed by atoms with Crippen LogP contribution >= 0.6 is 23.2 Å². The largest absolute Gasteiger partial charge is 0.495 e. The van der Waals surface area contributed by atoms with E-state index in [1.54, 1.807) is 13.2 Å². The molecule has 1 saturated carbocycles. The predicted molar refractivity (Wildman–Crippen MR) is 142 cm³/mol. The van der Waals surface area contributed by atoms with Crippen LogP contribution in [0.1, 0.15) is 60.0 Å². The summed E-state index contributed by atoms with van der Waals surface area (Å²) < 4.78 is 51.8. The fourth-order valence-electron chi connectivity index (χ4n) is 4.57. The molecule has 1 aliphatic heterocycles. The Balaban J connectivity index is 1.37. The first-order valence-electron chi connectivity index (χ1n) is 12.4. The Kier molecular flexibility index (Phi) is 8.89. The van der Waals surface area contributed by atoms with E-state index in [9.17, 15) is 17.6 Å². The van der Waals surface area contributed by atoms with E-state index in [-0.39, 0.29) is 17.2 Å². The molecule has 0 bridgehead atoms. The van der Waals surface area contributed by atoms with E-state index in [1.807, 2.05) is 10.8 Å². The highest BCUT2D eigenvalue weighted by molar-refractivity contribution is 7.90. The van der Waals surface area contributed by atoms with Crippen molar-refractivity contribution in [3.63, 3.8) is 0 Å². The fourth-order valence-corrected chi connectivity index (χ4v) is 5.72. The van der Waals surface area contributed by atoms with Gasteiger partial charge in [-0.05, 0) is 81.3 Å². The van der Waals surface area contributed by atoms with Crippen LogP contribution in [0.3, 0.4) is 0 Å². The van der Waals surface area contributed by atoms with Gasteiger partial charge in [-0.15, -0.1) is 0 Å². The van der Waals surface area contributed by atoms with Gasteiger partial charge in [0.15, 0.2) is 0 Å². The summed E-state index contributed by atoms with van der Waals surface area (Å²) >= 11 is 12.4. The van der Waals surface area contributed by atoms with Crippen LogP contribution in [0.25, 0.3) is 0 Å². The number of piperidine rings is 1. The van der Waals surface area contributed by atoms with Crippen LogP contribution in [0.2, 0.25) is 10.0 Å². The Labute approximate surface area is 227 Å². The maximum atomic E-state index is 14.8. The van der Waals surface area contributed by atoms with Gasteiger partial charge in [0.2, 0.25) is 10.0 Å². The molecule has 1 aliphatic carbocycles. The maximum absolute atomic E-state index is 14.8. The third-order valence-electron chi connectivity index (χ3n) is 6.85. The number of nitrogens with zero attached hydrogens (tertiary/aromatic N) is 1. The molecule has 2 aromatic carbocycles. The monoisotopic (exact) mass is 572 g/mol. The summed E-state index contributed by atoms with van der Waals surface area (Å²) in [5, 5.41) is 1.06. The normalized spacial score (nSPS) is 17.0. The van der Waals surface area contributed by atoms with Gasteiger partial charge in [0.05, 0.1) is 30.1 Å². The van der Waals surface area contributed by atoms with Crippen LogP contribution in [-0.4, -0.2) is 51.8 Å². The Morgan fingerprint density at radius 2 is 1.84 bits per heavy atom. The zero-order valence-corrected chi connectivity index (χ0v) is 23.2. The van der Waals surface area contributed by atoms with Gasteiger partial charge in [-0.25, -0.2) is 17.5 Å². The first-order chi connectivity index (χ1) is 17.6. The van der Waals surface area contributed by atoms with Crippen molar-refractivity contribution in [2.24, 2.45) is 5.92 Å². The highest BCUT2D eigenvalue weighted by Crippen LogP contribution is 2.45. The molecule has 4 rings (SSSR count). The third kappa shape index (κ3) is 7.07. The van der Waals surface area contributed by atoms with Crippen molar-refractivity contribution in [3.8, 4) is 11.5 Å². The SMILES string of the molecule is CCS(=O)(=O)NC(=O)c1cc(C2CC2)c(OCC2CCN(Cc3cc(Cl)cc(Cl)c3OC)CC2)cc1F. The van der Waals surface area contributed by atoms with Crippen molar-refractivity contribution in [2.45, 2.75) is 45.1 Å². The number of amides is 1. The lowest BCUT2D eigenvalue weighted by atomic mass is 9.97. The number of rotatable bonds is 10. The standard InChI is InChI=1S/C26H31Cl2FN2O5S/c1-3-37(33,34)30-26(32)21-12-20(17-4-5-17)24(13-23(21)29)36-15-16-6-8-31(9-7-16)14-18-10-19(27)11-22(28)25(18)35-2/h10-13,16-17H,3-9,14-15H2,1-2H3,(H,30,32). The molecular formula is C26H31Cl2FN2O5S. The van der Waals surface area contributed by atoms with Crippen LogP contribution in [-0.2, 0) is 16.6 Å². The zero-order valence-electron chi connectivity index (χ0n) is 20.9. The van der Waals surface area contributed by atoms with Gasteiger partial charge in [0, 0.05) is 23.2 Å². The number of hydrogen-bond acceptors (Lipinski definition) is 6. The van der Waals surface area contributed by atoms with E-state index < -0.39 is 21.7 Å². The molecule has 1 heterocycles. The zero-order chi connectivity index (χ0) is 26.7. The van der Waals surface area contributed by atoms with Crippen molar-refractivity contribution >= 4 is 39.1 Å². The molecule has 7 nitrogen and oxygen atoms in total. The number of halogens is 3. The summed E-state index contributed by atoms with van der Waals surface area (Å²) in [4.78, 5) is 14.7. The molecule has 1 amide bonds. The van der Waals surface area contributed by atoms with E-state index in [2.05, 4.69) is 4.90 Å². The Bertz CT molecular complexity index is 1260. The number of hydrogen-bond donors (Lipinski definition) is 1. The van der Waals surface area contributed by atoms with Crippen LogP contribution < -0.4 is 14.2 Å². The lowest BCUT2D eigenvalue weighted by Crippen LogP contribution is -2.35. The number of nitrogens with one attached hydrogen (secondary N) is 1. The Morgan fingerprint density at radius 3 is 2.46 bits per heavy atom. The number of sulfonamides is 1.